The number of allylic oxidation sites excluding steroid dienone is 8. The summed E-state index contributed by atoms with van der Waals surface area (Å²) in [5.41, 5.74) is 7.78. The van der Waals surface area contributed by atoms with E-state index in [2.05, 4.69) is 101 Å². The van der Waals surface area contributed by atoms with E-state index in [4.69, 9.17) is 0 Å². The van der Waals surface area contributed by atoms with Gasteiger partial charge >= 0.3 is 186 Å². The Balaban J connectivity index is 0.00000171. The second-order valence-corrected chi connectivity index (χ2v) is 23.4. The fraction of sp³-hybridized carbons (Fsp3) is 0.259. The van der Waals surface area contributed by atoms with E-state index in [1.807, 2.05) is 6.56 Å². The standard InChI is InChI=1S/C14H15Si.C8H11.C5H5.2ClH.Zr/c1-11-7-3-5-9-13(11)15-14-10-6-4-8-12(14)2;1-6-4-5-7(2)8(6)3;1-2-4-5-3-1;;;/h3-10,15H,1-2H3;4H2,1-3H3;1-3H,4H2;2*1H;. The van der Waals surface area contributed by atoms with Gasteiger partial charge in [0.15, 0.2) is 0 Å². The Morgan fingerprint density at radius 1 is 0.742 bits per heavy atom. The Morgan fingerprint density at radius 2 is 1.29 bits per heavy atom. The molecule has 4 rings (SSSR count). The predicted molar refractivity (Wildman–Crippen MR) is 141 cm³/mol. The molecule has 0 aliphatic heterocycles. The van der Waals surface area contributed by atoms with Crippen LogP contribution in [0.5, 0.6) is 0 Å². The molecule has 2 aromatic carbocycles. The Labute approximate surface area is 209 Å². The molecule has 0 atom stereocenters. The third-order valence-electron chi connectivity index (χ3n) is 6.83. The molecule has 0 nitrogen and oxygen atoms in total. The fourth-order valence-corrected chi connectivity index (χ4v) is 31.1. The Kier molecular flexibility index (Phi) is 9.58. The van der Waals surface area contributed by atoms with Gasteiger partial charge < -0.3 is 0 Å². The number of halogens is 2. The molecule has 0 radical (unpaired) electrons. The van der Waals surface area contributed by atoms with Crippen LogP contribution in [0.1, 0.15) is 44.7 Å². The number of rotatable bonds is 5. The van der Waals surface area contributed by atoms with Crippen molar-refractivity contribution in [2.24, 2.45) is 0 Å². The molecule has 2 aliphatic carbocycles. The predicted octanol–water partition coefficient (Wildman–Crippen LogP) is 6.46. The Morgan fingerprint density at radius 3 is 1.71 bits per heavy atom. The summed E-state index contributed by atoms with van der Waals surface area (Å²) < 4.78 is 3.69. The van der Waals surface area contributed by atoms with Crippen LogP contribution in [0.4, 0.5) is 0 Å². The smallest absolute Gasteiger partial charge is 0.147 e. The van der Waals surface area contributed by atoms with Crippen molar-refractivity contribution in [2.75, 3.05) is 0 Å². The number of hydrogen-bond donors (Lipinski definition) is 0. The van der Waals surface area contributed by atoms with Crippen LogP contribution in [-0.2, 0) is 20.9 Å². The van der Waals surface area contributed by atoms with Gasteiger partial charge in [-0.3, -0.25) is 0 Å². The summed E-state index contributed by atoms with van der Waals surface area (Å²) in [6, 6.07) is 18.5. The first-order valence-corrected chi connectivity index (χ1v) is 19.1. The van der Waals surface area contributed by atoms with Gasteiger partial charge in [0.25, 0.3) is 0 Å². The molecule has 0 heterocycles. The Hall–Kier alpha value is -0.920. The van der Waals surface area contributed by atoms with Crippen LogP contribution in [0.25, 0.3) is 0 Å². The second kappa shape index (κ2) is 11.3. The van der Waals surface area contributed by atoms with E-state index in [0.29, 0.717) is 0 Å². The summed E-state index contributed by atoms with van der Waals surface area (Å²) in [4.78, 5) is 0. The molecule has 4 heteroatoms. The van der Waals surface area contributed by atoms with Crippen molar-refractivity contribution in [3.8, 4) is 0 Å². The molecule has 0 spiro atoms. The summed E-state index contributed by atoms with van der Waals surface area (Å²) in [5, 5.41) is 3.37. The minimum absolute atomic E-state index is 0. The maximum atomic E-state index is 2.49. The zero-order chi connectivity index (χ0) is 20.5. The average molecular weight is 548 g/mol. The first-order valence-electron chi connectivity index (χ1n) is 10.7. The zero-order valence-corrected chi connectivity index (χ0v) is 24.4. The fourth-order valence-electron chi connectivity index (χ4n) is 4.87. The maximum absolute atomic E-state index is 2.49. The van der Waals surface area contributed by atoms with Crippen molar-refractivity contribution in [3.63, 3.8) is 0 Å². The quantitative estimate of drug-likeness (QED) is 0.377. The van der Waals surface area contributed by atoms with Crippen molar-refractivity contribution in [3.05, 3.63) is 101 Å². The van der Waals surface area contributed by atoms with Crippen LogP contribution >= 0.6 is 24.8 Å². The van der Waals surface area contributed by atoms with Crippen molar-refractivity contribution >= 4 is 41.1 Å². The van der Waals surface area contributed by atoms with Gasteiger partial charge in [0.05, 0.1) is 0 Å². The molecule has 0 N–H and O–H groups in total. The number of benzene rings is 2. The molecular formula is C27H33Cl2SiZr. The van der Waals surface area contributed by atoms with Gasteiger partial charge in [-0.25, -0.2) is 0 Å². The first kappa shape index (κ1) is 26.3. The number of aryl methyl sites for hydroxylation is 2. The normalized spacial score (nSPS) is 15.2. The minimum Gasteiger partial charge on any atom is -0.147 e. The molecule has 2 aliphatic rings. The molecule has 0 fully saturated rings. The van der Waals surface area contributed by atoms with Crippen LogP contribution in [0.15, 0.2) is 90.0 Å². The average Bonchev–Trinajstić information content (AvgIpc) is 3.33. The van der Waals surface area contributed by atoms with E-state index in [9.17, 15) is 0 Å². The first-order chi connectivity index (χ1) is 14.0. The van der Waals surface area contributed by atoms with E-state index >= 15 is 0 Å². The molecule has 163 valence electrons. The molecular weight excluding hydrogens is 515 g/mol. The topological polar surface area (TPSA) is 0 Å². The van der Waals surface area contributed by atoms with Crippen LogP contribution in [-0.4, -0.2) is 5.92 Å². The van der Waals surface area contributed by atoms with Crippen molar-refractivity contribution < 1.29 is 20.9 Å². The van der Waals surface area contributed by atoms with Crippen LogP contribution < -0.4 is 10.4 Å². The van der Waals surface area contributed by atoms with Gasteiger partial charge in [-0.1, -0.05) is 0 Å². The SMILES string of the molecule is CC1=C(C)C(C)=[C]([Zr]([C]2=CC=CC2)[SiH](c2ccccc2C)c2ccccc2C)C1.Cl.Cl. The van der Waals surface area contributed by atoms with Gasteiger partial charge in [-0.15, -0.1) is 24.8 Å². The van der Waals surface area contributed by atoms with E-state index in [1.165, 1.54) is 24.0 Å². The van der Waals surface area contributed by atoms with E-state index in [0.717, 1.165) is 0 Å². The molecule has 0 bridgehead atoms. The molecule has 0 saturated carbocycles. The van der Waals surface area contributed by atoms with E-state index in [1.54, 1.807) is 27.1 Å². The van der Waals surface area contributed by atoms with Crippen molar-refractivity contribution in [1.29, 1.82) is 0 Å². The van der Waals surface area contributed by atoms with Gasteiger partial charge in [0, 0.05) is 0 Å². The van der Waals surface area contributed by atoms with Gasteiger partial charge in [0.2, 0.25) is 0 Å². The monoisotopic (exact) mass is 545 g/mol. The Bertz CT molecular complexity index is 1030. The summed E-state index contributed by atoms with van der Waals surface area (Å²) >= 11 is -2.10. The molecule has 0 saturated heterocycles. The summed E-state index contributed by atoms with van der Waals surface area (Å²) in [6.07, 6.45) is 9.61. The molecule has 0 aromatic heterocycles. The molecule has 2 aromatic rings. The van der Waals surface area contributed by atoms with Crippen LogP contribution in [0, 0.1) is 13.8 Å². The third-order valence-corrected chi connectivity index (χ3v) is 28.6. The summed E-state index contributed by atoms with van der Waals surface area (Å²) in [7, 11) is 0. The minimum atomic E-state index is -2.10. The van der Waals surface area contributed by atoms with E-state index < -0.39 is 26.8 Å². The maximum Gasteiger partial charge on any atom is -0.147 e. The third kappa shape index (κ3) is 5.19. The van der Waals surface area contributed by atoms with Crippen LogP contribution in [0.2, 0.25) is 0 Å². The molecule has 0 unspecified atom stereocenters. The molecule has 31 heavy (non-hydrogen) atoms. The summed E-state index contributed by atoms with van der Waals surface area (Å²) in [6.45, 7) is 11.8. The van der Waals surface area contributed by atoms with Crippen molar-refractivity contribution in [1.82, 2.24) is 0 Å². The largest absolute Gasteiger partial charge is 0.147 e. The van der Waals surface area contributed by atoms with Gasteiger partial charge in [-0.05, 0) is 0 Å². The number of hydrogen-bond acceptors (Lipinski definition) is 0. The van der Waals surface area contributed by atoms with Crippen molar-refractivity contribution in [2.45, 2.75) is 47.5 Å². The van der Waals surface area contributed by atoms with Gasteiger partial charge in [-0.2, -0.15) is 0 Å². The molecule has 0 amide bonds. The van der Waals surface area contributed by atoms with E-state index in [-0.39, 0.29) is 24.8 Å². The van der Waals surface area contributed by atoms with Gasteiger partial charge in [0.1, 0.15) is 0 Å². The second-order valence-electron chi connectivity index (χ2n) is 8.57. The van der Waals surface area contributed by atoms with Crippen LogP contribution in [0.3, 0.4) is 0 Å². The summed E-state index contributed by atoms with van der Waals surface area (Å²) in [5.74, 6) is -1.34. The zero-order valence-electron chi connectivity index (χ0n) is 19.2.